The molecule has 1 aliphatic rings. The van der Waals surface area contributed by atoms with Crippen LogP contribution in [0.1, 0.15) is 5.56 Å². The van der Waals surface area contributed by atoms with Crippen molar-refractivity contribution < 1.29 is 9.53 Å². The van der Waals surface area contributed by atoms with Crippen LogP contribution >= 0.6 is 11.6 Å². The van der Waals surface area contributed by atoms with E-state index >= 15 is 0 Å². The zero-order chi connectivity index (χ0) is 18.4. The molecular formula is C19H23ClN4O2. The molecular weight excluding hydrogens is 352 g/mol. The number of pyridine rings is 1. The number of nitrogens with zero attached hydrogens (tertiary/aromatic N) is 3. The Morgan fingerprint density at radius 2 is 1.96 bits per heavy atom. The van der Waals surface area contributed by atoms with Crippen molar-refractivity contribution in [2.45, 2.75) is 6.54 Å². The maximum atomic E-state index is 12.2. The minimum atomic E-state index is -0.0143. The summed E-state index contributed by atoms with van der Waals surface area (Å²) in [6, 6.07) is 11.2. The van der Waals surface area contributed by atoms with Crippen LogP contribution in [0.25, 0.3) is 0 Å². The summed E-state index contributed by atoms with van der Waals surface area (Å²) < 4.78 is 5.17. The number of anilines is 1. The first-order valence-electron chi connectivity index (χ1n) is 8.61. The molecule has 7 heteroatoms. The highest BCUT2D eigenvalue weighted by Crippen LogP contribution is 2.15. The number of hydrogen-bond donors (Lipinski definition) is 1. The molecule has 1 N–H and O–H groups in total. The zero-order valence-corrected chi connectivity index (χ0v) is 15.6. The number of ether oxygens (including phenoxy) is 1. The second kappa shape index (κ2) is 8.98. The third-order valence-electron chi connectivity index (χ3n) is 4.36. The number of benzene rings is 1. The van der Waals surface area contributed by atoms with Crippen molar-refractivity contribution in [2.75, 3.05) is 45.2 Å². The van der Waals surface area contributed by atoms with E-state index in [-0.39, 0.29) is 5.91 Å². The van der Waals surface area contributed by atoms with E-state index in [2.05, 4.69) is 20.1 Å². The zero-order valence-electron chi connectivity index (χ0n) is 14.8. The molecule has 0 unspecified atom stereocenters. The van der Waals surface area contributed by atoms with E-state index in [1.807, 2.05) is 24.3 Å². The molecule has 1 saturated heterocycles. The Kier molecular flexibility index (Phi) is 6.44. The predicted molar refractivity (Wildman–Crippen MR) is 103 cm³/mol. The lowest BCUT2D eigenvalue weighted by molar-refractivity contribution is -0.117. The minimum Gasteiger partial charge on any atom is -0.481 e. The average molecular weight is 375 g/mol. The van der Waals surface area contributed by atoms with Gasteiger partial charge >= 0.3 is 0 Å². The molecule has 0 aliphatic carbocycles. The highest BCUT2D eigenvalue weighted by Gasteiger charge is 2.19. The molecule has 6 nitrogen and oxygen atoms in total. The SMILES string of the molecule is COc1cc(CN2CCN(CC(=O)Nc3cccc(Cl)c3)CC2)ccn1. The van der Waals surface area contributed by atoms with Crippen LogP contribution in [-0.2, 0) is 11.3 Å². The van der Waals surface area contributed by atoms with E-state index in [1.165, 1.54) is 5.56 Å². The van der Waals surface area contributed by atoms with Gasteiger partial charge in [0, 0.05) is 55.7 Å². The molecule has 1 aromatic heterocycles. The van der Waals surface area contributed by atoms with E-state index < -0.39 is 0 Å². The molecule has 1 amide bonds. The summed E-state index contributed by atoms with van der Waals surface area (Å²) in [5.74, 6) is 0.624. The molecule has 0 atom stereocenters. The number of hydrogen-bond acceptors (Lipinski definition) is 5. The number of halogens is 1. The monoisotopic (exact) mass is 374 g/mol. The van der Waals surface area contributed by atoms with Gasteiger partial charge in [-0.25, -0.2) is 4.98 Å². The lowest BCUT2D eigenvalue weighted by atomic mass is 10.2. The summed E-state index contributed by atoms with van der Waals surface area (Å²) in [5, 5.41) is 3.51. The van der Waals surface area contributed by atoms with Gasteiger partial charge in [-0.2, -0.15) is 0 Å². The Balaban J connectivity index is 1.44. The van der Waals surface area contributed by atoms with E-state index in [4.69, 9.17) is 16.3 Å². The van der Waals surface area contributed by atoms with Crippen LogP contribution in [0.5, 0.6) is 5.88 Å². The lowest BCUT2D eigenvalue weighted by Gasteiger charge is -2.34. The molecule has 0 saturated carbocycles. The number of carbonyl (C=O) groups excluding carboxylic acids is 1. The first kappa shape index (κ1) is 18.6. The molecule has 0 spiro atoms. The molecule has 2 heterocycles. The van der Waals surface area contributed by atoms with Gasteiger partial charge in [-0.05, 0) is 29.8 Å². The Labute approximate surface area is 158 Å². The van der Waals surface area contributed by atoms with Crippen molar-refractivity contribution in [1.82, 2.24) is 14.8 Å². The smallest absolute Gasteiger partial charge is 0.238 e. The third kappa shape index (κ3) is 5.42. The summed E-state index contributed by atoms with van der Waals surface area (Å²) in [7, 11) is 1.62. The van der Waals surface area contributed by atoms with Crippen LogP contribution in [-0.4, -0.2) is 60.5 Å². The van der Waals surface area contributed by atoms with Crippen molar-refractivity contribution >= 4 is 23.2 Å². The Hall–Kier alpha value is -2.15. The van der Waals surface area contributed by atoms with Gasteiger partial charge in [0.2, 0.25) is 11.8 Å². The van der Waals surface area contributed by atoms with Gasteiger partial charge in [0.1, 0.15) is 0 Å². The summed E-state index contributed by atoms with van der Waals surface area (Å²) in [4.78, 5) is 20.9. The summed E-state index contributed by atoms with van der Waals surface area (Å²) in [5.41, 5.74) is 1.91. The van der Waals surface area contributed by atoms with Gasteiger partial charge < -0.3 is 10.1 Å². The van der Waals surface area contributed by atoms with Gasteiger partial charge in [-0.1, -0.05) is 17.7 Å². The highest BCUT2D eigenvalue weighted by molar-refractivity contribution is 6.30. The number of piperazine rings is 1. The van der Waals surface area contributed by atoms with E-state index in [0.717, 1.165) is 38.4 Å². The number of rotatable bonds is 6. The first-order valence-corrected chi connectivity index (χ1v) is 8.99. The second-order valence-corrected chi connectivity index (χ2v) is 6.75. The average Bonchev–Trinajstić information content (AvgIpc) is 2.63. The molecule has 3 rings (SSSR count). The van der Waals surface area contributed by atoms with Crippen LogP contribution in [0.15, 0.2) is 42.6 Å². The number of nitrogens with one attached hydrogen (secondary N) is 1. The van der Waals surface area contributed by atoms with Gasteiger partial charge in [0.25, 0.3) is 0 Å². The van der Waals surface area contributed by atoms with Crippen LogP contribution in [0, 0.1) is 0 Å². The van der Waals surface area contributed by atoms with Crippen LogP contribution in [0.4, 0.5) is 5.69 Å². The molecule has 138 valence electrons. The molecule has 1 aliphatic heterocycles. The molecule has 0 bridgehead atoms. The molecule has 1 aromatic carbocycles. The molecule has 2 aromatic rings. The Morgan fingerprint density at radius 1 is 1.19 bits per heavy atom. The summed E-state index contributed by atoms with van der Waals surface area (Å²) in [6.07, 6.45) is 1.77. The fourth-order valence-corrected chi connectivity index (χ4v) is 3.18. The Bertz CT molecular complexity index is 748. The fraction of sp³-hybridized carbons (Fsp3) is 0.368. The fourth-order valence-electron chi connectivity index (χ4n) is 2.99. The summed E-state index contributed by atoms with van der Waals surface area (Å²) in [6.45, 7) is 4.84. The van der Waals surface area contributed by atoms with Crippen LogP contribution in [0.2, 0.25) is 5.02 Å². The highest BCUT2D eigenvalue weighted by atomic mass is 35.5. The first-order chi connectivity index (χ1) is 12.6. The van der Waals surface area contributed by atoms with E-state index in [9.17, 15) is 4.79 Å². The number of amides is 1. The maximum absolute atomic E-state index is 12.2. The lowest BCUT2D eigenvalue weighted by Crippen LogP contribution is -2.48. The van der Waals surface area contributed by atoms with Crippen molar-refractivity contribution in [3.05, 3.63) is 53.2 Å². The number of methoxy groups -OCH3 is 1. The number of carbonyl (C=O) groups is 1. The molecule has 0 radical (unpaired) electrons. The van der Waals surface area contributed by atoms with Crippen molar-refractivity contribution in [2.24, 2.45) is 0 Å². The molecule has 1 fully saturated rings. The van der Waals surface area contributed by atoms with Gasteiger partial charge in [-0.15, -0.1) is 0 Å². The number of aromatic nitrogens is 1. The Morgan fingerprint density at radius 3 is 2.69 bits per heavy atom. The van der Waals surface area contributed by atoms with Crippen LogP contribution < -0.4 is 10.1 Å². The molecule has 26 heavy (non-hydrogen) atoms. The standard InChI is InChI=1S/C19H23ClN4O2/c1-26-19-11-15(5-6-21-19)13-23-7-9-24(10-8-23)14-18(25)22-17-4-2-3-16(20)12-17/h2-6,11-12H,7-10,13-14H2,1H3,(H,22,25). The van der Waals surface area contributed by atoms with Gasteiger partial charge in [-0.3, -0.25) is 14.6 Å². The normalized spacial score (nSPS) is 15.6. The van der Waals surface area contributed by atoms with Crippen molar-refractivity contribution in [3.8, 4) is 5.88 Å². The maximum Gasteiger partial charge on any atom is 0.238 e. The van der Waals surface area contributed by atoms with Crippen LogP contribution in [0.3, 0.4) is 0 Å². The van der Waals surface area contributed by atoms with Gasteiger partial charge in [0.15, 0.2) is 0 Å². The van der Waals surface area contributed by atoms with Crippen molar-refractivity contribution in [1.29, 1.82) is 0 Å². The van der Waals surface area contributed by atoms with E-state index in [1.54, 1.807) is 25.4 Å². The topological polar surface area (TPSA) is 57.7 Å². The minimum absolute atomic E-state index is 0.0143. The van der Waals surface area contributed by atoms with Crippen molar-refractivity contribution in [3.63, 3.8) is 0 Å². The predicted octanol–water partition coefficient (Wildman–Crippen LogP) is 2.50. The second-order valence-electron chi connectivity index (χ2n) is 6.32. The largest absolute Gasteiger partial charge is 0.481 e. The third-order valence-corrected chi connectivity index (χ3v) is 4.59. The quantitative estimate of drug-likeness (QED) is 0.841. The van der Waals surface area contributed by atoms with Gasteiger partial charge in [0.05, 0.1) is 13.7 Å². The summed E-state index contributed by atoms with van der Waals surface area (Å²) >= 11 is 5.94. The van der Waals surface area contributed by atoms with E-state index in [0.29, 0.717) is 17.4 Å².